The summed E-state index contributed by atoms with van der Waals surface area (Å²) >= 11 is 1.54. The molecule has 0 spiro atoms. The molecule has 1 heterocycles. The number of rotatable bonds is 5. The summed E-state index contributed by atoms with van der Waals surface area (Å²) in [5.74, 6) is 2.00. The van der Waals surface area contributed by atoms with Crippen LogP contribution in [0.1, 0.15) is 25.0 Å². The summed E-state index contributed by atoms with van der Waals surface area (Å²) in [6.45, 7) is 2.06. The van der Waals surface area contributed by atoms with Gasteiger partial charge in [0.05, 0.1) is 5.75 Å². The van der Waals surface area contributed by atoms with Crippen LogP contribution in [0.5, 0.6) is 0 Å². The molecule has 0 aliphatic rings. The number of aryl methyl sites for hydroxylation is 1. The lowest BCUT2D eigenvalue weighted by Gasteiger charge is -2.04. The lowest BCUT2D eigenvalue weighted by atomic mass is 10.3. The van der Waals surface area contributed by atoms with Crippen LogP contribution in [0.25, 0.3) is 0 Å². The van der Waals surface area contributed by atoms with Gasteiger partial charge in [0, 0.05) is 11.3 Å². The molecule has 6 heteroatoms. The quantitative estimate of drug-likeness (QED) is 0.852. The third kappa shape index (κ3) is 4.17. The van der Waals surface area contributed by atoms with Crippen molar-refractivity contribution in [2.24, 2.45) is 0 Å². The molecule has 1 aromatic heterocycles. The molecule has 100 valence electrons. The Morgan fingerprint density at radius 2 is 1.79 bits per heavy atom. The summed E-state index contributed by atoms with van der Waals surface area (Å²) in [5, 5.41) is 0. The van der Waals surface area contributed by atoms with Crippen molar-refractivity contribution < 1.29 is 4.39 Å². The van der Waals surface area contributed by atoms with E-state index >= 15 is 0 Å². The van der Waals surface area contributed by atoms with Crippen molar-refractivity contribution in [1.29, 1.82) is 0 Å². The highest BCUT2D eigenvalue weighted by atomic mass is 32.2. The molecular weight excluding hydrogens is 263 g/mol. The normalized spacial score (nSPS) is 10.6. The molecule has 0 amide bonds. The average Bonchev–Trinajstić information content (AvgIpc) is 2.38. The molecule has 0 radical (unpaired) electrons. The molecule has 0 saturated carbocycles. The maximum absolute atomic E-state index is 12.8. The number of nitrogen functional groups attached to an aromatic ring is 1. The zero-order valence-corrected chi connectivity index (χ0v) is 11.5. The van der Waals surface area contributed by atoms with Gasteiger partial charge in [0.1, 0.15) is 17.5 Å². The Hall–Kier alpha value is -1.69. The molecule has 2 rings (SSSR count). The number of benzene rings is 1. The molecule has 19 heavy (non-hydrogen) atoms. The summed E-state index contributed by atoms with van der Waals surface area (Å²) < 4.78 is 12.8. The fourth-order valence-electron chi connectivity index (χ4n) is 1.57. The number of halogens is 1. The first kappa shape index (κ1) is 13.7. The number of nitrogens with zero attached hydrogens (tertiary/aromatic N) is 3. The smallest absolute Gasteiger partial charge is 0.223 e. The minimum atomic E-state index is -0.237. The first-order chi connectivity index (χ1) is 9.17. The van der Waals surface area contributed by atoms with Gasteiger partial charge < -0.3 is 5.73 Å². The SMILES string of the molecule is CCCc1nc(N)nc(CSc2ccc(F)cc2)n1. The van der Waals surface area contributed by atoms with Crippen molar-refractivity contribution in [2.75, 3.05) is 5.73 Å². The number of hydrogen-bond acceptors (Lipinski definition) is 5. The van der Waals surface area contributed by atoms with Gasteiger partial charge in [-0.15, -0.1) is 11.8 Å². The van der Waals surface area contributed by atoms with Gasteiger partial charge in [-0.3, -0.25) is 0 Å². The predicted molar refractivity (Wildman–Crippen MR) is 74.2 cm³/mol. The molecule has 4 nitrogen and oxygen atoms in total. The van der Waals surface area contributed by atoms with E-state index in [1.807, 2.05) is 0 Å². The molecule has 2 aromatic rings. The van der Waals surface area contributed by atoms with Crippen molar-refractivity contribution in [1.82, 2.24) is 15.0 Å². The van der Waals surface area contributed by atoms with E-state index in [-0.39, 0.29) is 11.8 Å². The van der Waals surface area contributed by atoms with Gasteiger partial charge in [-0.05, 0) is 30.7 Å². The Kier molecular flexibility index (Phi) is 4.68. The van der Waals surface area contributed by atoms with Crippen LogP contribution in [0.15, 0.2) is 29.2 Å². The zero-order valence-electron chi connectivity index (χ0n) is 10.6. The molecular formula is C13H15FN4S. The molecule has 0 bridgehead atoms. The summed E-state index contributed by atoms with van der Waals surface area (Å²) in [6, 6.07) is 6.34. The minimum Gasteiger partial charge on any atom is -0.368 e. The lowest BCUT2D eigenvalue weighted by Crippen LogP contribution is -2.06. The third-order valence-electron chi connectivity index (χ3n) is 2.40. The summed E-state index contributed by atoms with van der Waals surface area (Å²) in [7, 11) is 0. The predicted octanol–water partition coefficient (Wildman–Crippen LogP) is 2.84. The molecule has 0 atom stereocenters. The second-order valence-electron chi connectivity index (χ2n) is 4.02. The fourth-order valence-corrected chi connectivity index (χ4v) is 2.32. The third-order valence-corrected chi connectivity index (χ3v) is 3.41. The fraction of sp³-hybridized carbons (Fsp3) is 0.308. The number of nitrogens with two attached hydrogens (primary N) is 1. The monoisotopic (exact) mass is 278 g/mol. The van der Waals surface area contributed by atoms with E-state index in [1.54, 1.807) is 23.9 Å². The Balaban J connectivity index is 2.04. The van der Waals surface area contributed by atoms with Crippen LogP contribution in [0, 0.1) is 5.82 Å². The van der Waals surface area contributed by atoms with Crippen LogP contribution in [-0.2, 0) is 12.2 Å². The topological polar surface area (TPSA) is 64.7 Å². The first-order valence-electron chi connectivity index (χ1n) is 6.05. The molecule has 2 N–H and O–H groups in total. The van der Waals surface area contributed by atoms with Gasteiger partial charge in [-0.1, -0.05) is 6.92 Å². The lowest BCUT2D eigenvalue weighted by molar-refractivity contribution is 0.626. The number of anilines is 1. The maximum atomic E-state index is 12.8. The van der Waals surface area contributed by atoms with Crippen LogP contribution in [0.2, 0.25) is 0 Å². The standard InChI is InChI=1S/C13H15FN4S/c1-2-3-11-16-12(18-13(15)17-11)8-19-10-6-4-9(14)5-7-10/h4-7H,2-3,8H2,1H3,(H2,15,16,17,18). The average molecular weight is 278 g/mol. The maximum Gasteiger partial charge on any atom is 0.223 e. The zero-order chi connectivity index (χ0) is 13.7. The van der Waals surface area contributed by atoms with E-state index in [4.69, 9.17) is 5.73 Å². The van der Waals surface area contributed by atoms with Crippen molar-refractivity contribution in [2.45, 2.75) is 30.4 Å². The molecule has 0 aliphatic carbocycles. The van der Waals surface area contributed by atoms with Gasteiger partial charge in [0.25, 0.3) is 0 Å². The van der Waals surface area contributed by atoms with Gasteiger partial charge in [-0.2, -0.15) is 9.97 Å². The highest BCUT2D eigenvalue weighted by Crippen LogP contribution is 2.21. The van der Waals surface area contributed by atoms with E-state index < -0.39 is 0 Å². The summed E-state index contributed by atoms with van der Waals surface area (Å²) in [5.41, 5.74) is 5.66. The van der Waals surface area contributed by atoms with Crippen LogP contribution < -0.4 is 5.73 Å². The number of thioether (sulfide) groups is 1. The molecule has 0 aliphatic heterocycles. The van der Waals surface area contributed by atoms with Crippen LogP contribution in [0.3, 0.4) is 0 Å². The minimum absolute atomic E-state index is 0.237. The van der Waals surface area contributed by atoms with Gasteiger partial charge >= 0.3 is 0 Å². The molecule has 1 aromatic carbocycles. The van der Waals surface area contributed by atoms with Crippen molar-refractivity contribution in [3.05, 3.63) is 41.7 Å². The van der Waals surface area contributed by atoms with Crippen molar-refractivity contribution in [3.8, 4) is 0 Å². The van der Waals surface area contributed by atoms with E-state index in [0.29, 0.717) is 11.6 Å². The van der Waals surface area contributed by atoms with Crippen molar-refractivity contribution >= 4 is 17.7 Å². The van der Waals surface area contributed by atoms with Crippen LogP contribution in [0.4, 0.5) is 10.3 Å². The van der Waals surface area contributed by atoms with Gasteiger partial charge in [0.15, 0.2) is 0 Å². The Bertz CT molecular complexity index is 545. The molecule has 0 fully saturated rings. The van der Waals surface area contributed by atoms with Gasteiger partial charge in [0.2, 0.25) is 5.95 Å². The Morgan fingerprint density at radius 3 is 2.47 bits per heavy atom. The second kappa shape index (κ2) is 6.47. The van der Waals surface area contributed by atoms with Gasteiger partial charge in [-0.25, -0.2) is 9.37 Å². The first-order valence-corrected chi connectivity index (χ1v) is 7.03. The van der Waals surface area contributed by atoms with E-state index in [0.717, 1.165) is 23.6 Å². The highest BCUT2D eigenvalue weighted by molar-refractivity contribution is 7.98. The highest BCUT2D eigenvalue weighted by Gasteiger charge is 2.05. The Labute approximate surface area is 115 Å². The van der Waals surface area contributed by atoms with E-state index in [2.05, 4.69) is 21.9 Å². The van der Waals surface area contributed by atoms with E-state index in [1.165, 1.54) is 12.1 Å². The number of hydrogen-bond donors (Lipinski definition) is 1. The van der Waals surface area contributed by atoms with Crippen LogP contribution >= 0.6 is 11.8 Å². The summed E-state index contributed by atoms with van der Waals surface area (Å²) in [6.07, 6.45) is 1.76. The molecule has 0 unspecified atom stereocenters. The van der Waals surface area contributed by atoms with Crippen molar-refractivity contribution in [3.63, 3.8) is 0 Å². The largest absolute Gasteiger partial charge is 0.368 e. The van der Waals surface area contributed by atoms with Crippen LogP contribution in [-0.4, -0.2) is 15.0 Å². The molecule has 0 saturated heterocycles. The number of aromatic nitrogens is 3. The van der Waals surface area contributed by atoms with E-state index in [9.17, 15) is 4.39 Å². The Morgan fingerprint density at radius 1 is 1.11 bits per heavy atom. The summed E-state index contributed by atoms with van der Waals surface area (Å²) in [4.78, 5) is 13.5. The second-order valence-corrected chi connectivity index (χ2v) is 5.07.